The van der Waals surface area contributed by atoms with Crippen LogP contribution in [-0.4, -0.2) is 28.2 Å². The standard InChI is InChI=1S/C13H17N3OS/c1-9-6-18-11-10(9)15-8-16-12(11)14-7-13(2-3-13)4-5-17/h6,8,17H,2-5,7H2,1H3,(H,14,15,16). The number of anilines is 1. The number of nitrogens with one attached hydrogen (secondary N) is 1. The Labute approximate surface area is 110 Å². The molecule has 18 heavy (non-hydrogen) atoms. The molecule has 2 aromatic heterocycles. The number of rotatable bonds is 5. The number of fused-ring (bicyclic) bond motifs is 1. The van der Waals surface area contributed by atoms with Gasteiger partial charge in [0.1, 0.15) is 12.1 Å². The topological polar surface area (TPSA) is 58.0 Å². The number of aryl methyl sites for hydroxylation is 1. The zero-order valence-corrected chi connectivity index (χ0v) is 11.3. The summed E-state index contributed by atoms with van der Waals surface area (Å²) in [5.74, 6) is 0.933. The van der Waals surface area contributed by atoms with E-state index in [1.54, 1.807) is 17.7 Å². The van der Waals surface area contributed by atoms with Crippen molar-refractivity contribution in [2.24, 2.45) is 5.41 Å². The van der Waals surface area contributed by atoms with E-state index in [0.29, 0.717) is 5.41 Å². The van der Waals surface area contributed by atoms with Crippen LogP contribution in [0.1, 0.15) is 24.8 Å². The summed E-state index contributed by atoms with van der Waals surface area (Å²) in [4.78, 5) is 8.65. The highest BCUT2D eigenvalue weighted by Crippen LogP contribution is 2.48. The summed E-state index contributed by atoms with van der Waals surface area (Å²) in [6.45, 7) is 3.25. The van der Waals surface area contributed by atoms with Crippen molar-refractivity contribution >= 4 is 27.4 Å². The van der Waals surface area contributed by atoms with Gasteiger partial charge in [0.25, 0.3) is 0 Å². The summed E-state index contributed by atoms with van der Waals surface area (Å²) in [6.07, 6.45) is 4.92. The Morgan fingerprint density at radius 2 is 2.28 bits per heavy atom. The molecule has 0 aromatic carbocycles. The molecule has 4 nitrogen and oxygen atoms in total. The first kappa shape index (κ1) is 11.9. The molecule has 1 aliphatic rings. The number of thiophene rings is 1. The van der Waals surface area contributed by atoms with Crippen molar-refractivity contribution in [3.8, 4) is 0 Å². The summed E-state index contributed by atoms with van der Waals surface area (Å²) in [6, 6.07) is 0. The number of aliphatic hydroxyl groups excluding tert-OH is 1. The van der Waals surface area contributed by atoms with Crippen LogP contribution in [0, 0.1) is 12.3 Å². The number of hydrogen-bond donors (Lipinski definition) is 2. The Balaban J connectivity index is 1.79. The fraction of sp³-hybridized carbons (Fsp3) is 0.538. The van der Waals surface area contributed by atoms with Gasteiger partial charge in [0.2, 0.25) is 0 Å². The van der Waals surface area contributed by atoms with Gasteiger partial charge in [-0.3, -0.25) is 0 Å². The maximum atomic E-state index is 9.06. The molecule has 1 saturated carbocycles. The van der Waals surface area contributed by atoms with Crippen LogP contribution in [0.2, 0.25) is 0 Å². The van der Waals surface area contributed by atoms with E-state index in [9.17, 15) is 0 Å². The highest BCUT2D eigenvalue weighted by Gasteiger charge is 2.41. The molecular weight excluding hydrogens is 246 g/mol. The fourth-order valence-electron chi connectivity index (χ4n) is 2.30. The molecular formula is C13H17N3OS. The molecule has 1 aliphatic carbocycles. The molecule has 0 radical (unpaired) electrons. The maximum absolute atomic E-state index is 9.06. The third kappa shape index (κ3) is 2.08. The lowest BCUT2D eigenvalue weighted by molar-refractivity contribution is 0.253. The van der Waals surface area contributed by atoms with Crippen LogP contribution in [0.5, 0.6) is 0 Å². The van der Waals surface area contributed by atoms with Crippen LogP contribution in [0.25, 0.3) is 10.2 Å². The predicted molar refractivity (Wildman–Crippen MR) is 74.0 cm³/mol. The zero-order chi connectivity index (χ0) is 12.6. The van der Waals surface area contributed by atoms with E-state index in [4.69, 9.17) is 5.11 Å². The predicted octanol–water partition coefficient (Wildman–Crippen LogP) is 2.57. The zero-order valence-electron chi connectivity index (χ0n) is 10.4. The van der Waals surface area contributed by atoms with Gasteiger partial charge in [-0.15, -0.1) is 11.3 Å². The average Bonchev–Trinajstić information content (AvgIpc) is 3.04. The van der Waals surface area contributed by atoms with Gasteiger partial charge in [0, 0.05) is 13.2 Å². The van der Waals surface area contributed by atoms with Crippen LogP contribution >= 0.6 is 11.3 Å². The van der Waals surface area contributed by atoms with E-state index < -0.39 is 0 Å². The van der Waals surface area contributed by atoms with Crippen LogP contribution in [-0.2, 0) is 0 Å². The van der Waals surface area contributed by atoms with Crippen molar-refractivity contribution in [2.75, 3.05) is 18.5 Å². The molecule has 0 amide bonds. The van der Waals surface area contributed by atoms with E-state index in [0.717, 1.165) is 29.0 Å². The summed E-state index contributed by atoms with van der Waals surface area (Å²) in [5, 5.41) is 14.6. The van der Waals surface area contributed by atoms with Gasteiger partial charge < -0.3 is 10.4 Å². The minimum absolute atomic E-state index is 0.277. The molecule has 2 heterocycles. The molecule has 0 atom stereocenters. The SMILES string of the molecule is Cc1csc2c(NCC3(CCO)CC3)ncnc12. The average molecular weight is 263 g/mol. The summed E-state index contributed by atoms with van der Waals surface area (Å²) < 4.78 is 1.13. The second-order valence-corrected chi connectivity index (χ2v) is 6.03. The maximum Gasteiger partial charge on any atom is 0.147 e. The lowest BCUT2D eigenvalue weighted by atomic mass is 10.0. The van der Waals surface area contributed by atoms with Gasteiger partial charge >= 0.3 is 0 Å². The second kappa shape index (κ2) is 4.48. The van der Waals surface area contributed by atoms with Crippen molar-refractivity contribution < 1.29 is 5.11 Å². The molecule has 3 rings (SSSR count). The van der Waals surface area contributed by atoms with Crippen molar-refractivity contribution in [3.63, 3.8) is 0 Å². The van der Waals surface area contributed by atoms with E-state index >= 15 is 0 Å². The van der Waals surface area contributed by atoms with Crippen LogP contribution in [0.15, 0.2) is 11.7 Å². The summed E-state index contributed by atoms with van der Waals surface area (Å²) in [5.41, 5.74) is 2.56. The molecule has 2 N–H and O–H groups in total. The molecule has 5 heteroatoms. The monoisotopic (exact) mass is 263 g/mol. The Bertz CT molecular complexity index is 562. The van der Waals surface area contributed by atoms with Crippen molar-refractivity contribution in [1.82, 2.24) is 9.97 Å². The molecule has 0 unspecified atom stereocenters. The quantitative estimate of drug-likeness (QED) is 0.870. The van der Waals surface area contributed by atoms with E-state index in [1.807, 2.05) is 0 Å². The minimum atomic E-state index is 0.277. The largest absolute Gasteiger partial charge is 0.396 e. The first-order valence-electron chi connectivity index (χ1n) is 6.28. The van der Waals surface area contributed by atoms with E-state index in [2.05, 4.69) is 27.6 Å². The van der Waals surface area contributed by atoms with Crippen LogP contribution in [0.4, 0.5) is 5.82 Å². The first-order chi connectivity index (χ1) is 8.74. The summed E-state index contributed by atoms with van der Waals surface area (Å²) in [7, 11) is 0. The van der Waals surface area contributed by atoms with Gasteiger partial charge in [0.15, 0.2) is 0 Å². The van der Waals surface area contributed by atoms with Crippen LogP contribution in [0.3, 0.4) is 0 Å². The van der Waals surface area contributed by atoms with E-state index in [-0.39, 0.29) is 6.61 Å². The van der Waals surface area contributed by atoms with Crippen molar-refractivity contribution in [2.45, 2.75) is 26.2 Å². The van der Waals surface area contributed by atoms with Crippen molar-refractivity contribution in [3.05, 3.63) is 17.3 Å². The smallest absolute Gasteiger partial charge is 0.147 e. The van der Waals surface area contributed by atoms with E-state index in [1.165, 1.54) is 18.4 Å². The highest BCUT2D eigenvalue weighted by molar-refractivity contribution is 7.18. The molecule has 0 spiro atoms. The van der Waals surface area contributed by atoms with Gasteiger partial charge in [-0.2, -0.15) is 0 Å². The molecule has 2 aromatic rings. The lowest BCUT2D eigenvalue weighted by Gasteiger charge is -2.15. The number of aliphatic hydroxyl groups is 1. The van der Waals surface area contributed by atoms with Crippen LogP contribution < -0.4 is 5.32 Å². The Hall–Kier alpha value is -1.20. The second-order valence-electron chi connectivity index (χ2n) is 5.15. The molecule has 0 bridgehead atoms. The Morgan fingerprint density at radius 1 is 1.44 bits per heavy atom. The molecule has 0 saturated heterocycles. The van der Waals surface area contributed by atoms with Gasteiger partial charge in [-0.1, -0.05) is 0 Å². The number of aromatic nitrogens is 2. The number of nitrogens with zero attached hydrogens (tertiary/aromatic N) is 2. The molecule has 96 valence electrons. The first-order valence-corrected chi connectivity index (χ1v) is 7.16. The fourth-order valence-corrected chi connectivity index (χ4v) is 3.26. The van der Waals surface area contributed by atoms with Gasteiger partial charge in [-0.05, 0) is 42.5 Å². The Kier molecular flexibility index (Phi) is 2.95. The highest BCUT2D eigenvalue weighted by atomic mass is 32.1. The third-order valence-electron chi connectivity index (χ3n) is 3.76. The van der Waals surface area contributed by atoms with Crippen molar-refractivity contribution in [1.29, 1.82) is 0 Å². The summed E-state index contributed by atoms with van der Waals surface area (Å²) >= 11 is 1.69. The number of hydrogen-bond acceptors (Lipinski definition) is 5. The normalized spacial score (nSPS) is 17.0. The third-order valence-corrected chi connectivity index (χ3v) is 4.85. The lowest BCUT2D eigenvalue weighted by Crippen LogP contribution is -2.17. The van der Waals surface area contributed by atoms with Gasteiger partial charge in [0.05, 0.1) is 10.2 Å². The molecule has 1 fully saturated rings. The van der Waals surface area contributed by atoms with Gasteiger partial charge in [-0.25, -0.2) is 9.97 Å². The Morgan fingerprint density at radius 3 is 3.00 bits per heavy atom. The molecule has 0 aliphatic heterocycles. The minimum Gasteiger partial charge on any atom is -0.396 e.